The van der Waals surface area contributed by atoms with Gasteiger partial charge in [-0.1, -0.05) is 0 Å². The molecule has 6 heteroatoms. The molecule has 4 nitrogen and oxygen atoms in total. The quantitative estimate of drug-likeness (QED) is 0.862. The van der Waals surface area contributed by atoms with Crippen molar-refractivity contribution in [3.05, 3.63) is 22.4 Å². The fraction of sp³-hybridized carbons (Fsp3) is 0.688. The smallest absolute Gasteiger partial charge is 0.226 e. The van der Waals surface area contributed by atoms with Crippen molar-refractivity contribution < 1.29 is 9.53 Å². The van der Waals surface area contributed by atoms with Crippen LogP contribution in [0.4, 0.5) is 0 Å². The first-order chi connectivity index (χ1) is 10.2. The van der Waals surface area contributed by atoms with E-state index < -0.39 is 0 Å². The third-order valence-electron chi connectivity index (χ3n) is 4.92. The minimum atomic E-state index is 0. The lowest BCUT2D eigenvalue weighted by Crippen LogP contribution is -2.37. The molecule has 1 amide bonds. The van der Waals surface area contributed by atoms with E-state index in [4.69, 9.17) is 4.74 Å². The predicted octanol–water partition coefficient (Wildman–Crippen LogP) is 2.53. The summed E-state index contributed by atoms with van der Waals surface area (Å²) in [5.74, 6) is 0.579. The van der Waals surface area contributed by atoms with Crippen molar-refractivity contribution >= 4 is 29.7 Å². The highest BCUT2D eigenvalue weighted by Crippen LogP contribution is 2.59. The lowest BCUT2D eigenvalue weighted by atomic mass is 9.91. The number of methoxy groups -OCH3 is 1. The average Bonchev–Trinajstić information content (AvgIpc) is 2.96. The molecule has 3 rings (SSSR count). The van der Waals surface area contributed by atoms with Gasteiger partial charge in [0.25, 0.3) is 0 Å². The number of hydrogen-bond acceptors (Lipinski definition) is 4. The Morgan fingerprint density at radius 1 is 1.50 bits per heavy atom. The number of amides is 1. The van der Waals surface area contributed by atoms with Crippen LogP contribution < -0.4 is 5.32 Å². The second kappa shape index (κ2) is 7.77. The van der Waals surface area contributed by atoms with E-state index in [-0.39, 0.29) is 18.3 Å². The van der Waals surface area contributed by atoms with Crippen LogP contribution in [-0.2, 0) is 16.1 Å². The maximum atomic E-state index is 12.9. The van der Waals surface area contributed by atoms with E-state index in [1.807, 2.05) is 4.90 Å². The molecule has 1 N–H and O–H groups in total. The third kappa shape index (κ3) is 3.82. The van der Waals surface area contributed by atoms with Crippen LogP contribution in [0.2, 0.25) is 0 Å². The highest BCUT2D eigenvalue weighted by Gasteiger charge is 2.58. The van der Waals surface area contributed by atoms with Gasteiger partial charge in [-0.25, -0.2) is 0 Å². The van der Waals surface area contributed by atoms with E-state index in [9.17, 15) is 4.79 Å². The number of nitrogens with zero attached hydrogens (tertiary/aromatic N) is 1. The normalized spacial score (nSPS) is 22.1. The minimum Gasteiger partial charge on any atom is -0.383 e. The Morgan fingerprint density at radius 3 is 2.91 bits per heavy atom. The van der Waals surface area contributed by atoms with Gasteiger partial charge >= 0.3 is 0 Å². The van der Waals surface area contributed by atoms with Crippen molar-refractivity contribution in [3.8, 4) is 0 Å². The standard InChI is InChI=1S/C16H24N2O2S.ClH/c1-20-8-7-18(11-13-2-9-21-12-13)15(19)14-10-16(14)3-5-17-6-4-16;/h2,9,12,14,17H,3-8,10-11H2,1H3;1H. The van der Waals surface area contributed by atoms with E-state index in [0.29, 0.717) is 24.5 Å². The fourth-order valence-electron chi connectivity index (χ4n) is 3.47. The zero-order chi connectivity index (χ0) is 14.7. The second-order valence-electron chi connectivity index (χ2n) is 6.25. The second-order valence-corrected chi connectivity index (χ2v) is 7.03. The fourth-order valence-corrected chi connectivity index (χ4v) is 4.13. The van der Waals surface area contributed by atoms with Gasteiger partial charge in [-0.2, -0.15) is 11.3 Å². The number of carbonyl (C=O) groups excluding carboxylic acids is 1. The van der Waals surface area contributed by atoms with Gasteiger partial charge in [0.1, 0.15) is 0 Å². The summed E-state index contributed by atoms with van der Waals surface area (Å²) >= 11 is 1.69. The Hall–Kier alpha value is -0.620. The zero-order valence-corrected chi connectivity index (χ0v) is 14.7. The summed E-state index contributed by atoms with van der Waals surface area (Å²) < 4.78 is 5.18. The predicted molar refractivity (Wildman–Crippen MR) is 91.5 cm³/mol. The number of hydrogen-bond donors (Lipinski definition) is 1. The molecule has 22 heavy (non-hydrogen) atoms. The van der Waals surface area contributed by atoms with E-state index in [0.717, 1.165) is 38.9 Å². The van der Waals surface area contributed by atoms with Crippen LogP contribution in [0, 0.1) is 11.3 Å². The highest BCUT2D eigenvalue weighted by molar-refractivity contribution is 7.07. The molecule has 1 saturated heterocycles. The van der Waals surface area contributed by atoms with Crippen molar-refractivity contribution in [1.82, 2.24) is 10.2 Å². The molecule has 124 valence electrons. The Kier molecular flexibility index (Phi) is 6.26. The molecule has 1 aromatic heterocycles. The van der Waals surface area contributed by atoms with Crippen LogP contribution in [0.15, 0.2) is 16.8 Å². The van der Waals surface area contributed by atoms with Gasteiger partial charge < -0.3 is 15.0 Å². The summed E-state index contributed by atoms with van der Waals surface area (Å²) in [6.45, 7) is 4.14. The molecule has 2 aliphatic rings. The third-order valence-corrected chi connectivity index (χ3v) is 5.65. The number of ether oxygens (including phenoxy) is 1. The number of nitrogens with one attached hydrogen (secondary N) is 1. The molecule has 1 unspecified atom stereocenters. The van der Waals surface area contributed by atoms with E-state index >= 15 is 0 Å². The Bertz CT molecular complexity index is 475. The van der Waals surface area contributed by atoms with Crippen molar-refractivity contribution in [2.24, 2.45) is 11.3 Å². The van der Waals surface area contributed by atoms with Gasteiger partial charge in [0, 0.05) is 26.1 Å². The molecule has 0 bridgehead atoms. The largest absolute Gasteiger partial charge is 0.383 e. The van der Waals surface area contributed by atoms with Gasteiger partial charge in [-0.3, -0.25) is 4.79 Å². The first-order valence-electron chi connectivity index (χ1n) is 7.75. The summed E-state index contributed by atoms with van der Waals surface area (Å²) in [7, 11) is 1.69. The van der Waals surface area contributed by atoms with Gasteiger partial charge in [0.15, 0.2) is 0 Å². The maximum absolute atomic E-state index is 12.9. The van der Waals surface area contributed by atoms with Crippen LogP contribution >= 0.6 is 23.7 Å². The summed E-state index contributed by atoms with van der Waals surface area (Å²) in [5, 5.41) is 7.59. The van der Waals surface area contributed by atoms with Gasteiger partial charge in [0.2, 0.25) is 5.91 Å². The number of carbonyl (C=O) groups is 1. The van der Waals surface area contributed by atoms with Gasteiger partial charge in [0.05, 0.1) is 6.61 Å². The maximum Gasteiger partial charge on any atom is 0.226 e. The summed E-state index contributed by atoms with van der Waals surface area (Å²) in [6.07, 6.45) is 3.39. The van der Waals surface area contributed by atoms with Crippen LogP contribution in [0.25, 0.3) is 0 Å². The van der Waals surface area contributed by atoms with Crippen LogP contribution in [0.3, 0.4) is 0 Å². The highest BCUT2D eigenvalue weighted by atomic mass is 35.5. The van der Waals surface area contributed by atoms with Gasteiger partial charge in [-0.15, -0.1) is 12.4 Å². The van der Waals surface area contributed by atoms with Crippen molar-refractivity contribution in [3.63, 3.8) is 0 Å². The average molecular weight is 345 g/mol. The SMILES string of the molecule is COCCN(Cc1ccsc1)C(=O)C1CC12CCNCC2.Cl. The van der Waals surface area contributed by atoms with Gasteiger partial charge in [-0.05, 0) is 60.2 Å². The van der Waals surface area contributed by atoms with Crippen LogP contribution in [0.5, 0.6) is 0 Å². The molecule has 1 aliphatic carbocycles. The Balaban J connectivity index is 0.00000176. The molecule has 1 saturated carbocycles. The first kappa shape index (κ1) is 17.7. The molecular weight excluding hydrogens is 320 g/mol. The van der Waals surface area contributed by atoms with E-state index in [1.165, 1.54) is 5.56 Å². The number of rotatable bonds is 6. The zero-order valence-electron chi connectivity index (χ0n) is 13.0. The Morgan fingerprint density at radius 2 is 2.27 bits per heavy atom. The first-order valence-corrected chi connectivity index (χ1v) is 8.69. The molecule has 1 atom stereocenters. The summed E-state index contributed by atoms with van der Waals surface area (Å²) in [5.41, 5.74) is 1.53. The number of thiophene rings is 1. The molecule has 0 radical (unpaired) electrons. The number of piperidine rings is 1. The van der Waals surface area contributed by atoms with Crippen molar-refractivity contribution in [2.45, 2.75) is 25.8 Å². The van der Waals surface area contributed by atoms with Crippen LogP contribution in [0.1, 0.15) is 24.8 Å². The monoisotopic (exact) mass is 344 g/mol. The molecular formula is C16H25ClN2O2S. The molecule has 1 aromatic rings. The number of halogens is 1. The summed E-state index contributed by atoms with van der Waals surface area (Å²) in [4.78, 5) is 14.9. The minimum absolute atomic E-state index is 0. The lowest BCUT2D eigenvalue weighted by molar-refractivity contribution is -0.135. The van der Waals surface area contributed by atoms with E-state index in [2.05, 4.69) is 22.1 Å². The van der Waals surface area contributed by atoms with Crippen molar-refractivity contribution in [1.29, 1.82) is 0 Å². The van der Waals surface area contributed by atoms with Crippen molar-refractivity contribution in [2.75, 3.05) is 33.4 Å². The molecule has 1 aliphatic heterocycles. The molecule has 0 aromatic carbocycles. The summed E-state index contributed by atoms with van der Waals surface area (Å²) in [6, 6.07) is 2.10. The lowest BCUT2D eigenvalue weighted by Gasteiger charge is -2.27. The molecule has 2 heterocycles. The van der Waals surface area contributed by atoms with E-state index in [1.54, 1.807) is 18.4 Å². The topological polar surface area (TPSA) is 41.6 Å². The Labute approximate surface area is 142 Å². The molecule has 2 fully saturated rings. The van der Waals surface area contributed by atoms with Crippen LogP contribution in [-0.4, -0.2) is 44.2 Å². The molecule has 1 spiro atoms.